The highest BCUT2D eigenvalue weighted by atomic mass is 79.9. The smallest absolute Gasteiger partial charge is 0.317 e. The quantitative estimate of drug-likeness (QED) is 0.835. The van der Waals surface area contributed by atoms with E-state index in [-0.39, 0.29) is 6.54 Å². The molecule has 0 aliphatic carbocycles. The topological polar surface area (TPSA) is 43.8 Å². The SMILES string of the molecule is CCC(c1ccc(Br)cc1)N1CCC(N(C)CC(=O)O)CC1. The number of hydrogen-bond donors (Lipinski definition) is 1. The van der Waals surface area contributed by atoms with Gasteiger partial charge in [-0.25, -0.2) is 0 Å². The Labute approximate surface area is 141 Å². The number of carboxylic acid groups (broad SMARTS) is 1. The molecular formula is C17H25BrN2O2. The van der Waals surface area contributed by atoms with Crippen LogP contribution >= 0.6 is 15.9 Å². The molecule has 0 bridgehead atoms. The lowest BCUT2D eigenvalue weighted by Gasteiger charge is -2.40. The number of piperidine rings is 1. The number of benzene rings is 1. The first-order chi connectivity index (χ1) is 10.5. The number of aliphatic carboxylic acids is 1. The van der Waals surface area contributed by atoms with E-state index in [4.69, 9.17) is 5.11 Å². The number of likely N-dealkylation sites (N-methyl/N-ethyl adjacent to an activating group) is 1. The second kappa shape index (κ2) is 8.09. The van der Waals surface area contributed by atoms with E-state index >= 15 is 0 Å². The van der Waals surface area contributed by atoms with E-state index in [9.17, 15) is 4.79 Å². The third-order valence-corrected chi connectivity index (χ3v) is 5.12. The van der Waals surface area contributed by atoms with Gasteiger partial charge in [0, 0.05) is 29.6 Å². The van der Waals surface area contributed by atoms with Gasteiger partial charge in [0.05, 0.1) is 6.54 Å². The first kappa shape index (κ1) is 17.4. The molecule has 0 spiro atoms. The van der Waals surface area contributed by atoms with Gasteiger partial charge in [0.1, 0.15) is 0 Å². The van der Waals surface area contributed by atoms with Gasteiger partial charge in [-0.2, -0.15) is 0 Å². The average molecular weight is 369 g/mol. The van der Waals surface area contributed by atoms with Crippen LogP contribution in [0.15, 0.2) is 28.7 Å². The Morgan fingerprint density at radius 1 is 1.36 bits per heavy atom. The fourth-order valence-corrected chi connectivity index (χ4v) is 3.63. The molecule has 1 fully saturated rings. The van der Waals surface area contributed by atoms with Crippen molar-refractivity contribution < 1.29 is 9.90 Å². The van der Waals surface area contributed by atoms with Crippen LogP contribution < -0.4 is 0 Å². The van der Waals surface area contributed by atoms with E-state index in [0.717, 1.165) is 36.8 Å². The number of likely N-dealkylation sites (tertiary alicyclic amines) is 1. The van der Waals surface area contributed by atoms with E-state index in [1.54, 1.807) is 0 Å². The van der Waals surface area contributed by atoms with Gasteiger partial charge in [-0.3, -0.25) is 14.6 Å². The molecular weight excluding hydrogens is 344 g/mol. The summed E-state index contributed by atoms with van der Waals surface area (Å²) in [7, 11) is 1.92. The van der Waals surface area contributed by atoms with Crippen LogP contribution in [0.1, 0.15) is 37.8 Å². The highest BCUT2D eigenvalue weighted by Crippen LogP contribution is 2.29. The van der Waals surface area contributed by atoms with Gasteiger partial charge in [-0.05, 0) is 44.0 Å². The summed E-state index contributed by atoms with van der Waals surface area (Å²) >= 11 is 3.49. The van der Waals surface area contributed by atoms with Crippen molar-refractivity contribution in [1.82, 2.24) is 9.80 Å². The molecule has 1 unspecified atom stereocenters. The van der Waals surface area contributed by atoms with Gasteiger partial charge in [0.15, 0.2) is 0 Å². The van der Waals surface area contributed by atoms with Crippen LogP contribution in [-0.2, 0) is 4.79 Å². The predicted molar refractivity (Wildman–Crippen MR) is 92.0 cm³/mol. The molecule has 0 amide bonds. The van der Waals surface area contributed by atoms with E-state index in [1.807, 2.05) is 11.9 Å². The molecule has 1 N–H and O–H groups in total. The van der Waals surface area contributed by atoms with Crippen molar-refractivity contribution in [1.29, 1.82) is 0 Å². The summed E-state index contributed by atoms with van der Waals surface area (Å²) < 4.78 is 1.11. The summed E-state index contributed by atoms with van der Waals surface area (Å²) in [6.07, 6.45) is 3.17. The zero-order valence-corrected chi connectivity index (χ0v) is 14.9. The maximum absolute atomic E-state index is 10.8. The summed E-state index contributed by atoms with van der Waals surface area (Å²) in [6, 6.07) is 9.44. The van der Waals surface area contributed by atoms with Crippen molar-refractivity contribution in [3.05, 3.63) is 34.3 Å². The van der Waals surface area contributed by atoms with Crippen LogP contribution in [0.25, 0.3) is 0 Å². The van der Waals surface area contributed by atoms with Crippen molar-refractivity contribution >= 4 is 21.9 Å². The zero-order valence-electron chi connectivity index (χ0n) is 13.3. The van der Waals surface area contributed by atoms with Crippen LogP contribution in [0.5, 0.6) is 0 Å². The number of halogens is 1. The molecule has 1 aliphatic heterocycles. The maximum Gasteiger partial charge on any atom is 0.317 e. The molecule has 0 radical (unpaired) electrons. The minimum Gasteiger partial charge on any atom is -0.480 e. The largest absolute Gasteiger partial charge is 0.480 e. The van der Waals surface area contributed by atoms with Gasteiger partial charge in [0.2, 0.25) is 0 Å². The summed E-state index contributed by atoms with van der Waals surface area (Å²) in [4.78, 5) is 15.3. The molecule has 22 heavy (non-hydrogen) atoms. The number of carboxylic acids is 1. The summed E-state index contributed by atoms with van der Waals surface area (Å²) in [5, 5.41) is 8.91. The summed E-state index contributed by atoms with van der Waals surface area (Å²) in [5.74, 6) is -0.744. The third-order valence-electron chi connectivity index (χ3n) is 4.59. The molecule has 1 aromatic carbocycles. The second-order valence-corrected chi connectivity index (χ2v) is 6.97. The number of nitrogens with zero attached hydrogens (tertiary/aromatic N) is 2. The molecule has 5 heteroatoms. The van der Waals surface area contributed by atoms with Crippen LogP contribution in [0.4, 0.5) is 0 Å². The Morgan fingerprint density at radius 3 is 2.45 bits per heavy atom. The minimum absolute atomic E-state index is 0.134. The number of carbonyl (C=O) groups is 1. The van der Waals surface area contributed by atoms with Crippen LogP contribution in [-0.4, -0.2) is 53.6 Å². The third kappa shape index (κ3) is 4.54. The van der Waals surface area contributed by atoms with Crippen LogP contribution in [0, 0.1) is 0 Å². The molecule has 1 heterocycles. The van der Waals surface area contributed by atoms with Crippen molar-refractivity contribution in [2.45, 2.75) is 38.3 Å². The fraction of sp³-hybridized carbons (Fsp3) is 0.588. The molecule has 1 aromatic rings. The zero-order chi connectivity index (χ0) is 16.1. The van der Waals surface area contributed by atoms with Crippen molar-refractivity contribution in [3.8, 4) is 0 Å². The standard InChI is InChI=1S/C17H25BrN2O2/c1-3-16(13-4-6-14(18)7-5-13)20-10-8-15(9-11-20)19(2)12-17(21)22/h4-7,15-16H,3,8-12H2,1-2H3,(H,21,22). The lowest BCUT2D eigenvalue weighted by molar-refractivity contribution is -0.138. The van der Waals surface area contributed by atoms with Gasteiger partial charge in [-0.15, -0.1) is 0 Å². The van der Waals surface area contributed by atoms with Gasteiger partial charge >= 0.3 is 5.97 Å². The highest BCUT2D eigenvalue weighted by molar-refractivity contribution is 9.10. The fourth-order valence-electron chi connectivity index (χ4n) is 3.37. The first-order valence-electron chi connectivity index (χ1n) is 7.92. The Balaban J connectivity index is 1.94. The second-order valence-electron chi connectivity index (χ2n) is 6.05. The molecule has 2 rings (SSSR count). The molecule has 0 saturated carbocycles. The van der Waals surface area contributed by atoms with Gasteiger partial charge < -0.3 is 5.11 Å². The Morgan fingerprint density at radius 2 is 1.95 bits per heavy atom. The molecule has 4 nitrogen and oxygen atoms in total. The predicted octanol–water partition coefficient (Wildman–Crippen LogP) is 3.38. The van der Waals surface area contributed by atoms with E-state index in [0.29, 0.717) is 12.1 Å². The Hall–Kier alpha value is -0.910. The molecule has 1 aliphatic rings. The monoisotopic (exact) mass is 368 g/mol. The summed E-state index contributed by atoms with van der Waals surface area (Å²) in [5.41, 5.74) is 1.36. The van der Waals surface area contributed by atoms with Gasteiger partial charge in [-0.1, -0.05) is 35.0 Å². The number of rotatable bonds is 6. The van der Waals surface area contributed by atoms with Crippen LogP contribution in [0.2, 0.25) is 0 Å². The number of hydrogen-bond acceptors (Lipinski definition) is 3. The first-order valence-corrected chi connectivity index (χ1v) is 8.72. The molecule has 122 valence electrons. The molecule has 1 saturated heterocycles. The van der Waals surface area contributed by atoms with Crippen molar-refractivity contribution in [2.75, 3.05) is 26.7 Å². The Kier molecular flexibility index (Phi) is 6.41. The maximum atomic E-state index is 10.8. The van der Waals surface area contributed by atoms with Gasteiger partial charge in [0.25, 0.3) is 0 Å². The molecule has 1 atom stereocenters. The normalized spacial score (nSPS) is 18.5. The highest BCUT2D eigenvalue weighted by Gasteiger charge is 2.27. The lowest BCUT2D eigenvalue weighted by atomic mass is 9.97. The van der Waals surface area contributed by atoms with E-state index in [2.05, 4.69) is 52.0 Å². The average Bonchev–Trinajstić information content (AvgIpc) is 2.50. The lowest BCUT2D eigenvalue weighted by Crippen LogP contribution is -2.45. The van der Waals surface area contributed by atoms with Crippen molar-refractivity contribution in [3.63, 3.8) is 0 Å². The van der Waals surface area contributed by atoms with Crippen LogP contribution in [0.3, 0.4) is 0 Å². The van der Waals surface area contributed by atoms with E-state index in [1.165, 1.54) is 5.56 Å². The Bertz CT molecular complexity index is 484. The molecule has 0 aromatic heterocycles. The minimum atomic E-state index is -0.744. The van der Waals surface area contributed by atoms with Crippen molar-refractivity contribution in [2.24, 2.45) is 0 Å². The van der Waals surface area contributed by atoms with E-state index < -0.39 is 5.97 Å². The summed E-state index contributed by atoms with van der Waals surface area (Å²) in [6.45, 7) is 4.43.